The van der Waals surface area contributed by atoms with Gasteiger partial charge in [-0.1, -0.05) is 0 Å². The van der Waals surface area contributed by atoms with Crippen molar-refractivity contribution in [2.75, 3.05) is 13.6 Å². The van der Waals surface area contributed by atoms with Gasteiger partial charge in [0, 0.05) is 26.4 Å². The third kappa shape index (κ3) is 4.19. The van der Waals surface area contributed by atoms with Gasteiger partial charge in [-0.25, -0.2) is 9.59 Å². The van der Waals surface area contributed by atoms with Gasteiger partial charge in [-0.3, -0.25) is 14.5 Å². The Morgan fingerprint density at radius 1 is 1.45 bits per heavy atom. The van der Waals surface area contributed by atoms with Crippen LogP contribution in [0.3, 0.4) is 0 Å². The molecular weight excluding hydrogens is 270 g/mol. The zero-order valence-corrected chi connectivity index (χ0v) is 11.0. The fourth-order valence-electron chi connectivity index (χ4n) is 1.70. The number of aliphatic hydroxyl groups is 1. The number of carboxylic acid groups (broad SMARTS) is 1. The second-order valence-electron chi connectivity index (χ2n) is 4.43. The predicted molar refractivity (Wildman–Crippen MR) is 65.6 cm³/mol. The van der Waals surface area contributed by atoms with Crippen LogP contribution in [0, 0.1) is 0 Å². The van der Waals surface area contributed by atoms with Crippen LogP contribution in [0.25, 0.3) is 0 Å². The van der Waals surface area contributed by atoms with Gasteiger partial charge < -0.3 is 20.8 Å². The van der Waals surface area contributed by atoms with Crippen molar-refractivity contribution >= 4 is 23.8 Å². The number of carbonyl (C=O) groups is 4. The molecule has 0 aromatic rings. The molecule has 1 fully saturated rings. The molecule has 1 rings (SSSR count). The number of urea groups is 1. The largest absolute Gasteiger partial charge is 0.479 e. The third-order valence-corrected chi connectivity index (χ3v) is 2.94. The lowest BCUT2D eigenvalue weighted by Gasteiger charge is -2.28. The molecule has 4 amide bonds. The lowest BCUT2D eigenvalue weighted by atomic mass is 10.1. The van der Waals surface area contributed by atoms with Gasteiger partial charge in [0.2, 0.25) is 5.91 Å². The molecular formula is C11H17N3O6. The zero-order chi connectivity index (χ0) is 15.3. The van der Waals surface area contributed by atoms with Gasteiger partial charge in [-0.05, 0) is 6.42 Å². The average Bonchev–Trinajstić information content (AvgIpc) is 2.39. The maximum Gasteiger partial charge on any atom is 0.332 e. The fourth-order valence-corrected chi connectivity index (χ4v) is 1.70. The molecule has 1 heterocycles. The van der Waals surface area contributed by atoms with Crippen molar-refractivity contribution < 1.29 is 29.4 Å². The van der Waals surface area contributed by atoms with E-state index in [0.717, 1.165) is 4.90 Å². The second kappa shape index (κ2) is 6.85. The van der Waals surface area contributed by atoms with E-state index in [9.17, 15) is 19.2 Å². The molecule has 0 saturated carbocycles. The van der Waals surface area contributed by atoms with E-state index in [4.69, 9.17) is 10.2 Å². The van der Waals surface area contributed by atoms with Crippen molar-refractivity contribution in [1.29, 1.82) is 0 Å². The molecule has 1 aliphatic heterocycles. The SMILES string of the molecule is CN1C(=O)CCC(NC(=O)NCCC(O)C(=O)O)C1=O. The highest BCUT2D eigenvalue weighted by Gasteiger charge is 2.32. The van der Waals surface area contributed by atoms with E-state index in [-0.39, 0.29) is 31.7 Å². The molecule has 2 atom stereocenters. The van der Waals surface area contributed by atoms with E-state index in [2.05, 4.69) is 10.6 Å². The van der Waals surface area contributed by atoms with Crippen LogP contribution in [-0.2, 0) is 14.4 Å². The molecule has 0 spiro atoms. The van der Waals surface area contributed by atoms with E-state index >= 15 is 0 Å². The highest BCUT2D eigenvalue weighted by Crippen LogP contribution is 2.11. The smallest absolute Gasteiger partial charge is 0.332 e. The molecule has 0 bridgehead atoms. The van der Waals surface area contributed by atoms with E-state index in [0.29, 0.717) is 0 Å². The van der Waals surface area contributed by atoms with Crippen molar-refractivity contribution in [3.05, 3.63) is 0 Å². The van der Waals surface area contributed by atoms with Gasteiger partial charge in [0.25, 0.3) is 5.91 Å². The number of imide groups is 1. The number of amides is 4. The number of piperidine rings is 1. The van der Waals surface area contributed by atoms with Crippen molar-refractivity contribution in [3.63, 3.8) is 0 Å². The summed E-state index contributed by atoms with van der Waals surface area (Å²) in [5.41, 5.74) is 0. The number of likely N-dealkylation sites (N-methyl/N-ethyl adjacent to an activating group) is 1. The highest BCUT2D eigenvalue weighted by molar-refractivity contribution is 6.01. The fraction of sp³-hybridized carbons (Fsp3) is 0.636. The summed E-state index contributed by atoms with van der Waals surface area (Å²) in [6, 6.07) is -1.43. The molecule has 1 saturated heterocycles. The Bertz CT molecular complexity index is 424. The van der Waals surface area contributed by atoms with Gasteiger partial charge in [0.15, 0.2) is 6.10 Å². The van der Waals surface area contributed by atoms with Crippen LogP contribution in [0.5, 0.6) is 0 Å². The number of rotatable bonds is 5. The molecule has 2 unspecified atom stereocenters. The summed E-state index contributed by atoms with van der Waals surface area (Å²) in [7, 11) is 1.35. The maximum absolute atomic E-state index is 11.7. The molecule has 0 aromatic carbocycles. The molecule has 9 nitrogen and oxygen atoms in total. The quantitative estimate of drug-likeness (QED) is 0.443. The molecule has 0 aromatic heterocycles. The summed E-state index contributed by atoms with van der Waals surface area (Å²) in [6.45, 7) is -0.0466. The normalized spacial score (nSPS) is 20.5. The van der Waals surface area contributed by atoms with E-state index in [1.165, 1.54) is 7.05 Å². The monoisotopic (exact) mass is 287 g/mol. The van der Waals surface area contributed by atoms with E-state index in [1.807, 2.05) is 0 Å². The molecule has 20 heavy (non-hydrogen) atoms. The first-order valence-corrected chi connectivity index (χ1v) is 6.08. The molecule has 0 radical (unpaired) electrons. The van der Waals surface area contributed by atoms with Gasteiger partial charge in [0.05, 0.1) is 0 Å². The number of likely N-dealkylation sites (tertiary alicyclic amines) is 1. The summed E-state index contributed by atoms with van der Waals surface area (Å²) < 4.78 is 0. The number of carboxylic acids is 1. The lowest BCUT2D eigenvalue weighted by molar-refractivity contribution is -0.148. The average molecular weight is 287 g/mol. The molecule has 0 aliphatic carbocycles. The highest BCUT2D eigenvalue weighted by atomic mass is 16.4. The predicted octanol–water partition coefficient (Wildman–Crippen LogP) is -1.73. The summed E-state index contributed by atoms with van der Waals surface area (Å²) in [5.74, 6) is -2.14. The maximum atomic E-state index is 11.7. The number of aliphatic hydroxyl groups excluding tert-OH is 1. The van der Waals surface area contributed by atoms with Gasteiger partial charge >= 0.3 is 12.0 Å². The number of carbonyl (C=O) groups excluding carboxylic acids is 3. The Hall–Kier alpha value is -2.16. The van der Waals surface area contributed by atoms with Crippen LogP contribution in [-0.4, -0.2) is 64.7 Å². The topological polar surface area (TPSA) is 136 Å². The molecule has 4 N–H and O–H groups in total. The number of aliphatic carboxylic acids is 1. The van der Waals surface area contributed by atoms with E-state index < -0.39 is 30.1 Å². The molecule has 1 aliphatic rings. The lowest BCUT2D eigenvalue weighted by Crippen LogP contribution is -2.55. The van der Waals surface area contributed by atoms with Crippen molar-refractivity contribution in [3.8, 4) is 0 Å². The number of nitrogens with zero attached hydrogens (tertiary/aromatic N) is 1. The first-order chi connectivity index (χ1) is 9.32. The van der Waals surface area contributed by atoms with Crippen molar-refractivity contribution in [2.24, 2.45) is 0 Å². The summed E-state index contributed by atoms with van der Waals surface area (Å²) in [6.07, 6.45) is -1.28. The number of nitrogens with one attached hydrogen (secondary N) is 2. The Morgan fingerprint density at radius 2 is 2.10 bits per heavy atom. The summed E-state index contributed by atoms with van der Waals surface area (Å²) in [5, 5.41) is 22.2. The minimum absolute atomic E-state index is 0.0466. The van der Waals surface area contributed by atoms with Crippen LogP contribution in [0.15, 0.2) is 0 Å². The Kier molecular flexibility index (Phi) is 5.44. The Balaban J connectivity index is 2.34. The number of hydrogen-bond acceptors (Lipinski definition) is 5. The first-order valence-electron chi connectivity index (χ1n) is 6.08. The molecule has 112 valence electrons. The summed E-state index contributed by atoms with van der Waals surface area (Å²) >= 11 is 0. The van der Waals surface area contributed by atoms with Gasteiger partial charge in [-0.2, -0.15) is 0 Å². The van der Waals surface area contributed by atoms with Crippen LogP contribution < -0.4 is 10.6 Å². The van der Waals surface area contributed by atoms with Crippen LogP contribution in [0.2, 0.25) is 0 Å². The van der Waals surface area contributed by atoms with Crippen LogP contribution >= 0.6 is 0 Å². The van der Waals surface area contributed by atoms with Gasteiger partial charge in [-0.15, -0.1) is 0 Å². The van der Waals surface area contributed by atoms with Gasteiger partial charge in [0.1, 0.15) is 6.04 Å². The molecule has 9 heteroatoms. The standard InChI is InChI=1S/C11H17N3O6/c1-14-8(16)3-2-6(9(14)17)13-11(20)12-5-4-7(15)10(18)19/h6-7,15H,2-5H2,1H3,(H,18,19)(H2,12,13,20). The van der Waals surface area contributed by atoms with Crippen LogP contribution in [0.4, 0.5) is 4.79 Å². The third-order valence-electron chi connectivity index (χ3n) is 2.94. The number of hydrogen-bond donors (Lipinski definition) is 4. The van der Waals surface area contributed by atoms with Crippen molar-refractivity contribution in [1.82, 2.24) is 15.5 Å². The summed E-state index contributed by atoms with van der Waals surface area (Å²) in [4.78, 5) is 45.7. The van der Waals surface area contributed by atoms with E-state index in [1.54, 1.807) is 0 Å². The Morgan fingerprint density at radius 3 is 2.70 bits per heavy atom. The van der Waals surface area contributed by atoms with Crippen molar-refractivity contribution in [2.45, 2.75) is 31.4 Å². The minimum atomic E-state index is -1.55. The van der Waals surface area contributed by atoms with Crippen LogP contribution in [0.1, 0.15) is 19.3 Å². The second-order valence-corrected chi connectivity index (χ2v) is 4.43. The zero-order valence-electron chi connectivity index (χ0n) is 11.0. The first kappa shape index (κ1) is 15.9. The Labute approximate surface area is 114 Å². The minimum Gasteiger partial charge on any atom is -0.479 e.